The van der Waals surface area contributed by atoms with Crippen molar-refractivity contribution in [3.63, 3.8) is 0 Å². The second kappa shape index (κ2) is 8.26. The van der Waals surface area contributed by atoms with Crippen LogP contribution in [0.2, 0.25) is 0 Å². The molecule has 1 aliphatic rings. The number of nitrogens with one attached hydrogen (secondary N) is 2. The summed E-state index contributed by atoms with van der Waals surface area (Å²) in [6.45, 7) is 4.30. The van der Waals surface area contributed by atoms with Crippen LogP contribution in [0.15, 0.2) is 24.3 Å². The normalized spacial score (nSPS) is 16.5. The first-order chi connectivity index (χ1) is 11.8. The van der Waals surface area contributed by atoms with Crippen molar-refractivity contribution in [1.82, 2.24) is 20.2 Å². The van der Waals surface area contributed by atoms with E-state index in [2.05, 4.69) is 20.2 Å². The Morgan fingerprint density at radius 2 is 2.17 bits per heavy atom. The zero-order chi connectivity index (χ0) is 16.8. The fourth-order valence-corrected chi connectivity index (χ4v) is 3.21. The van der Waals surface area contributed by atoms with E-state index in [0.29, 0.717) is 6.54 Å². The minimum absolute atomic E-state index is 0.138. The number of fused-ring (bicyclic) bond motifs is 1. The number of ether oxygens (including phenoxy) is 1. The van der Waals surface area contributed by atoms with Crippen molar-refractivity contribution in [2.45, 2.75) is 19.3 Å². The highest BCUT2D eigenvalue weighted by molar-refractivity contribution is 5.78. The number of hydrogen-bond donors (Lipinski definition) is 2. The lowest BCUT2D eigenvalue weighted by Gasteiger charge is -2.30. The van der Waals surface area contributed by atoms with Crippen molar-refractivity contribution < 1.29 is 9.53 Å². The first-order valence-electron chi connectivity index (χ1n) is 8.69. The molecule has 0 aliphatic carbocycles. The predicted molar refractivity (Wildman–Crippen MR) is 93.8 cm³/mol. The van der Waals surface area contributed by atoms with Crippen molar-refractivity contribution in [2.75, 3.05) is 39.9 Å². The monoisotopic (exact) mass is 330 g/mol. The number of aromatic amines is 1. The number of carbonyl (C=O) groups excluding carboxylic acids is 1. The highest BCUT2D eigenvalue weighted by Gasteiger charge is 2.24. The van der Waals surface area contributed by atoms with E-state index in [1.165, 1.54) is 0 Å². The van der Waals surface area contributed by atoms with Crippen LogP contribution in [-0.2, 0) is 16.0 Å². The lowest BCUT2D eigenvalue weighted by Crippen LogP contribution is -2.42. The summed E-state index contributed by atoms with van der Waals surface area (Å²) in [6, 6.07) is 7.98. The predicted octanol–water partition coefficient (Wildman–Crippen LogP) is 1.58. The number of nitrogens with zero attached hydrogens (tertiary/aromatic N) is 2. The molecule has 1 saturated heterocycles. The third kappa shape index (κ3) is 4.33. The first kappa shape index (κ1) is 16.9. The number of carbonyl (C=O) groups is 1. The van der Waals surface area contributed by atoms with Crippen LogP contribution in [0.1, 0.15) is 18.7 Å². The van der Waals surface area contributed by atoms with Gasteiger partial charge in [0.1, 0.15) is 5.82 Å². The summed E-state index contributed by atoms with van der Waals surface area (Å²) in [5.41, 5.74) is 2.02. The molecule has 6 heteroatoms. The Balaban J connectivity index is 1.40. The number of aromatic nitrogens is 2. The third-order valence-electron chi connectivity index (χ3n) is 4.67. The number of H-pyrrole nitrogens is 1. The summed E-state index contributed by atoms with van der Waals surface area (Å²) in [5, 5.41) is 3.06. The summed E-state index contributed by atoms with van der Waals surface area (Å²) in [4.78, 5) is 22.5. The van der Waals surface area contributed by atoms with E-state index >= 15 is 0 Å². The van der Waals surface area contributed by atoms with Crippen molar-refractivity contribution in [2.24, 2.45) is 5.92 Å². The fourth-order valence-electron chi connectivity index (χ4n) is 3.21. The molecule has 1 aliphatic heterocycles. The average Bonchev–Trinajstić information content (AvgIpc) is 3.03. The van der Waals surface area contributed by atoms with Crippen LogP contribution in [0.3, 0.4) is 0 Å². The van der Waals surface area contributed by atoms with E-state index in [1.54, 1.807) is 7.11 Å². The summed E-state index contributed by atoms with van der Waals surface area (Å²) in [6.07, 6.45) is 2.59. The minimum Gasteiger partial charge on any atom is -0.383 e. The van der Waals surface area contributed by atoms with Gasteiger partial charge in [-0.05, 0) is 38.1 Å². The zero-order valence-corrected chi connectivity index (χ0v) is 14.3. The van der Waals surface area contributed by atoms with Crippen LogP contribution in [0, 0.1) is 5.92 Å². The second-order valence-electron chi connectivity index (χ2n) is 6.35. The van der Waals surface area contributed by atoms with Crippen LogP contribution < -0.4 is 5.32 Å². The smallest absolute Gasteiger partial charge is 0.223 e. The first-order valence-corrected chi connectivity index (χ1v) is 8.69. The Bertz CT molecular complexity index is 629. The number of hydrogen-bond acceptors (Lipinski definition) is 4. The van der Waals surface area contributed by atoms with Gasteiger partial charge >= 0.3 is 0 Å². The summed E-state index contributed by atoms with van der Waals surface area (Å²) in [7, 11) is 1.72. The third-order valence-corrected chi connectivity index (χ3v) is 4.67. The molecule has 2 aromatic rings. The number of likely N-dealkylation sites (tertiary alicyclic amines) is 1. The maximum atomic E-state index is 12.3. The van der Waals surface area contributed by atoms with Crippen LogP contribution >= 0.6 is 0 Å². The number of imidazole rings is 1. The zero-order valence-electron chi connectivity index (χ0n) is 14.3. The second-order valence-corrected chi connectivity index (χ2v) is 6.35. The van der Waals surface area contributed by atoms with Crippen molar-refractivity contribution in [3.05, 3.63) is 30.1 Å². The number of para-hydroxylation sites is 2. The van der Waals surface area contributed by atoms with Gasteiger partial charge in [0.2, 0.25) is 5.91 Å². The number of methoxy groups -OCH3 is 1. The number of benzene rings is 1. The molecule has 0 spiro atoms. The standard InChI is InChI=1S/C18H26N4O2/c1-24-13-12-22-10-7-14(8-11-22)18(23)19-9-6-17-20-15-4-2-3-5-16(15)21-17/h2-5,14H,6-13H2,1H3,(H,19,23)(H,20,21). The summed E-state index contributed by atoms with van der Waals surface area (Å²) < 4.78 is 5.11. The quantitative estimate of drug-likeness (QED) is 0.809. The van der Waals surface area contributed by atoms with Gasteiger partial charge in [-0.15, -0.1) is 0 Å². The molecule has 1 aromatic heterocycles. The maximum absolute atomic E-state index is 12.3. The van der Waals surface area contributed by atoms with Gasteiger partial charge in [0.15, 0.2) is 0 Å². The van der Waals surface area contributed by atoms with E-state index in [0.717, 1.165) is 62.4 Å². The molecule has 1 aromatic carbocycles. The summed E-state index contributed by atoms with van der Waals surface area (Å²) >= 11 is 0. The SMILES string of the molecule is COCCN1CCC(C(=O)NCCc2nc3ccccc3[nH]2)CC1. The number of amides is 1. The molecule has 2 heterocycles. The molecule has 6 nitrogen and oxygen atoms in total. The lowest BCUT2D eigenvalue weighted by atomic mass is 9.96. The van der Waals surface area contributed by atoms with Gasteiger partial charge in [-0.3, -0.25) is 4.79 Å². The van der Waals surface area contributed by atoms with E-state index in [4.69, 9.17) is 4.74 Å². The molecule has 2 N–H and O–H groups in total. The maximum Gasteiger partial charge on any atom is 0.223 e. The molecular formula is C18H26N4O2. The molecule has 1 fully saturated rings. The molecule has 0 bridgehead atoms. The van der Waals surface area contributed by atoms with E-state index < -0.39 is 0 Å². The van der Waals surface area contributed by atoms with Gasteiger partial charge in [0.05, 0.1) is 17.6 Å². The highest BCUT2D eigenvalue weighted by atomic mass is 16.5. The molecule has 3 rings (SSSR count). The van der Waals surface area contributed by atoms with Crippen molar-refractivity contribution >= 4 is 16.9 Å². The molecule has 0 atom stereocenters. The molecule has 1 amide bonds. The number of rotatable bonds is 7. The van der Waals surface area contributed by atoms with Gasteiger partial charge in [-0.1, -0.05) is 12.1 Å². The Labute approximate surface area is 142 Å². The molecule has 24 heavy (non-hydrogen) atoms. The van der Waals surface area contributed by atoms with E-state index in [1.807, 2.05) is 24.3 Å². The topological polar surface area (TPSA) is 70.2 Å². The minimum atomic E-state index is 0.138. The molecule has 130 valence electrons. The fraction of sp³-hybridized carbons (Fsp3) is 0.556. The molecule has 0 radical (unpaired) electrons. The Hall–Kier alpha value is -1.92. The van der Waals surface area contributed by atoms with Crippen LogP contribution in [0.4, 0.5) is 0 Å². The Kier molecular flexibility index (Phi) is 5.82. The summed E-state index contributed by atoms with van der Waals surface area (Å²) in [5.74, 6) is 1.24. The Morgan fingerprint density at radius 3 is 2.92 bits per heavy atom. The van der Waals surface area contributed by atoms with Gasteiger partial charge < -0.3 is 19.9 Å². The molecular weight excluding hydrogens is 304 g/mol. The largest absolute Gasteiger partial charge is 0.383 e. The van der Waals surface area contributed by atoms with E-state index in [9.17, 15) is 4.79 Å². The van der Waals surface area contributed by atoms with E-state index in [-0.39, 0.29) is 11.8 Å². The van der Waals surface area contributed by atoms with Crippen LogP contribution in [0.5, 0.6) is 0 Å². The highest BCUT2D eigenvalue weighted by Crippen LogP contribution is 2.17. The lowest BCUT2D eigenvalue weighted by molar-refractivity contribution is -0.126. The van der Waals surface area contributed by atoms with Gasteiger partial charge in [-0.2, -0.15) is 0 Å². The number of piperidine rings is 1. The van der Waals surface area contributed by atoms with Crippen LogP contribution in [-0.4, -0.2) is 60.7 Å². The van der Waals surface area contributed by atoms with Gasteiger partial charge in [0.25, 0.3) is 0 Å². The van der Waals surface area contributed by atoms with Gasteiger partial charge in [-0.25, -0.2) is 4.98 Å². The van der Waals surface area contributed by atoms with Crippen molar-refractivity contribution in [1.29, 1.82) is 0 Å². The average molecular weight is 330 g/mol. The molecule has 0 saturated carbocycles. The van der Waals surface area contributed by atoms with Crippen LogP contribution in [0.25, 0.3) is 11.0 Å². The van der Waals surface area contributed by atoms with Gasteiger partial charge in [0, 0.05) is 32.5 Å². The molecule has 0 unspecified atom stereocenters. The van der Waals surface area contributed by atoms with Crippen molar-refractivity contribution in [3.8, 4) is 0 Å². The Morgan fingerprint density at radius 1 is 1.38 bits per heavy atom.